The van der Waals surface area contributed by atoms with Crippen molar-refractivity contribution in [3.63, 3.8) is 0 Å². The van der Waals surface area contributed by atoms with Gasteiger partial charge >= 0.3 is 0 Å². The lowest BCUT2D eigenvalue weighted by Crippen LogP contribution is -2.29. The second-order valence-electron chi connectivity index (χ2n) is 8.48. The molecule has 0 saturated carbocycles. The zero-order valence-corrected chi connectivity index (χ0v) is 21.5. The fourth-order valence-electron chi connectivity index (χ4n) is 4.54. The minimum atomic E-state index is -0.744. The van der Waals surface area contributed by atoms with Crippen molar-refractivity contribution in [3.05, 3.63) is 116 Å². The van der Waals surface area contributed by atoms with Gasteiger partial charge in [-0.1, -0.05) is 60.1 Å². The summed E-state index contributed by atoms with van der Waals surface area (Å²) in [6, 6.07) is 16.7. The van der Waals surface area contributed by atoms with Crippen molar-refractivity contribution in [3.8, 4) is 11.5 Å². The van der Waals surface area contributed by atoms with Crippen LogP contribution in [-0.4, -0.2) is 24.0 Å². The van der Waals surface area contributed by atoms with Crippen LogP contribution in [-0.2, 0) is 6.54 Å². The van der Waals surface area contributed by atoms with E-state index in [0.717, 1.165) is 5.56 Å². The molecule has 0 aliphatic carbocycles. The molecule has 0 N–H and O–H groups in total. The van der Waals surface area contributed by atoms with Gasteiger partial charge in [0.15, 0.2) is 16.9 Å². The SMILES string of the molecule is C=CCOc1ccc(C2c3c(oc4ccc(Cl)cc4c3=O)C(=O)N2Cc2ccccc2Cl)cc1OCC. The smallest absolute Gasteiger partial charge is 0.291 e. The lowest BCUT2D eigenvalue weighted by atomic mass is 9.97. The summed E-state index contributed by atoms with van der Waals surface area (Å²) in [5, 5.41) is 1.22. The molecule has 37 heavy (non-hydrogen) atoms. The molecule has 3 aromatic carbocycles. The van der Waals surface area contributed by atoms with Crippen LogP contribution in [0.1, 0.15) is 40.2 Å². The van der Waals surface area contributed by atoms with Crippen LogP contribution in [0.3, 0.4) is 0 Å². The largest absolute Gasteiger partial charge is 0.490 e. The Morgan fingerprint density at radius 3 is 2.59 bits per heavy atom. The number of hydrogen-bond acceptors (Lipinski definition) is 5. The fraction of sp³-hybridized carbons (Fsp3) is 0.172. The Kier molecular flexibility index (Phi) is 6.96. The predicted molar refractivity (Wildman–Crippen MR) is 144 cm³/mol. The van der Waals surface area contributed by atoms with Crippen LogP contribution < -0.4 is 14.9 Å². The average molecular weight is 536 g/mol. The Hall–Kier alpha value is -3.74. The molecule has 0 spiro atoms. The highest BCUT2D eigenvalue weighted by molar-refractivity contribution is 6.31. The molecule has 5 rings (SSSR count). The van der Waals surface area contributed by atoms with Gasteiger partial charge in [0, 0.05) is 16.6 Å². The normalized spacial score (nSPS) is 14.6. The molecule has 8 heteroatoms. The Labute approximate surface area is 223 Å². The molecular formula is C29H23Cl2NO5. The van der Waals surface area contributed by atoms with Gasteiger partial charge in [-0.15, -0.1) is 0 Å². The number of ether oxygens (including phenoxy) is 2. The van der Waals surface area contributed by atoms with E-state index in [4.69, 9.17) is 37.1 Å². The van der Waals surface area contributed by atoms with Gasteiger partial charge in [-0.2, -0.15) is 0 Å². The second kappa shape index (κ2) is 10.3. The number of carbonyl (C=O) groups is 1. The summed E-state index contributed by atoms with van der Waals surface area (Å²) in [5.74, 6) is 0.624. The summed E-state index contributed by atoms with van der Waals surface area (Å²) in [7, 11) is 0. The maximum atomic E-state index is 13.8. The monoisotopic (exact) mass is 535 g/mol. The number of hydrogen-bond donors (Lipinski definition) is 0. The van der Waals surface area contributed by atoms with Gasteiger partial charge in [-0.3, -0.25) is 9.59 Å². The Balaban J connectivity index is 1.71. The molecule has 2 heterocycles. The van der Waals surface area contributed by atoms with E-state index in [9.17, 15) is 9.59 Å². The van der Waals surface area contributed by atoms with Crippen molar-refractivity contribution in [1.82, 2.24) is 4.90 Å². The number of amides is 1. The van der Waals surface area contributed by atoms with Gasteiger partial charge < -0.3 is 18.8 Å². The number of benzene rings is 3. The van der Waals surface area contributed by atoms with E-state index in [2.05, 4.69) is 6.58 Å². The highest BCUT2D eigenvalue weighted by Gasteiger charge is 2.43. The minimum absolute atomic E-state index is 0.00169. The van der Waals surface area contributed by atoms with Crippen LogP contribution in [0.15, 0.2) is 82.5 Å². The minimum Gasteiger partial charge on any atom is -0.490 e. The van der Waals surface area contributed by atoms with Crippen molar-refractivity contribution in [2.45, 2.75) is 19.5 Å². The van der Waals surface area contributed by atoms with Crippen LogP contribution >= 0.6 is 23.2 Å². The van der Waals surface area contributed by atoms with Crippen molar-refractivity contribution in [1.29, 1.82) is 0 Å². The average Bonchev–Trinajstić information content (AvgIpc) is 3.17. The number of rotatable bonds is 8. The number of carbonyl (C=O) groups excluding carboxylic acids is 1. The first-order valence-corrected chi connectivity index (χ1v) is 12.5. The van der Waals surface area contributed by atoms with Gasteiger partial charge in [0.1, 0.15) is 12.2 Å². The molecule has 0 fully saturated rings. The first kappa shape index (κ1) is 24.9. The van der Waals surface area contributed by atoms with E-state index in [0.29, 0.717) is 51.3 Å². The summed E-state index contributed by atoms with van der Waals surface area (Å²) >= 11 is 12.6. The quantitative estimate of drug-likeness (QED) is 0.232. The molecule has 0 bridgehead atoms. The van der Waals surface area contributed by atoms with E-state index in [1.54, 1.807) is 47.4 Å². The third-order valence-corrected chi connectivity index (χ3v) is 6.77. The van der Waals surface area contributed by atoms with Gasteiger partial charge in [0.25, 0.3) is 5.91 Å². The molecule has 6 nitrogen and oxygen atoms in total. The summed E-state index contributed by atoms with van der Waals surface area (Å²) in [5.41, 5.74) is 1.63. The van der Waals surface area contributed by atoms with Crippen LogP contribution in [0.2, 0.25) is 10.0 Å². The zero-order valence-electron chi connectivity index (χ0n) is 20.0. The van der Waals surface area contributed by atoms with Crippen molar-refractivity contribution < 1.29 is 18.7 Å². The molecule has 0 radical (unpaired) electrons. The van der Waals surface area contributed by atoms with E-state index >= 15 is 0 Å². The van der Waals surface area contributed by atoms with E-state index < -0.39 is 11.9 Å². The predicted octanol–water partition coefficient (Wildman–Crippen LogP) is 6.81. The standard InChI is InChI=1S/C29H23Cl2NO5/c1-3-13-36-23-11-9-17(14-24(23)35-4-2)26-25-27(33)20-15-19(30)10-12-22(20)37-28(25)29(34)32(26)16-18-7-5-6-8-21(18)31/h3,5-12,14-15,26H,1,4,13,16H2,2H3. The number of nitrogens with zero attached hydrogens (tertiary/aromatic N) is 1. The second-order valence-corrected chi connectivity index (χ2v) is 9.32. The highest BCUT2D eigenvalue weighted by atomic mass is 35.5. The molecule has 1 aliphatic heterocycles. The third-order valence-electron chi connectivity index (χ3n) is 6.17. The summed E-state index contributed by atoms with van der Waals surface area (Å²) in [6.45, 7) is 6.43. The number of halogens is 2. The lowest BCUT2D eigenvalue weighted by Gasteiger charge is -2.26. The maximum absolute atomic E-state index is 13.8. The van der Waals surface area contributed by atoms with Crippen molar-refractivity contribution in [2.24, 2.45) is 0 Å². The lowest BCUT2D eigenvalue weighted by molar-refractivity contribution is 0.0714. The van der Waals surface area contributed by atoms with Gasteiger partial charge in [0.2, 0.25) is 5.76 Å². The first-order chi connectivity index (χ1) is 17.9. The number of fused-ring (bicyclic) bond motifs is 2. The van der Waals surface area contributed by atoms with Gasteiger partial charge in [-0.05, 0) is 54.4 Å². The van der Waals surface area contributed by atoms with Crippen LogP contribution in [0.4, 0.5) is 0 Å². The first-order valence-electron chi connectivity index (χ1n) is 11.7. The Bertz CT molecular complexity index is 1580. The molecule has 4 aromatic rings. The Morgan fingerprint density at radius 2 is 1.84 bits per heavy atom. The molecule has 1 aliphatic rings. The summed E-state index contributed by atoms with van der Waals surface area (Å²) in [6.07, 6.45) is 1.64. The summed E-state index contributed by atoms with van der Waals surface area (Å²) in [4.78, 5) is 29.1. The van der Waals surface area contributed by atoms with Crippen LogP contribution in [0, 0.1) is 0 Å². The molecule has 1 unspecified atom stereocenters. The fourth-order valence-corrected chi connectivity index (χ4v) is 4.91. The van der Waals surface area contributed by atoms with Crippen molar-refractivity contribution >= 4 is 40.1 Å². The summed E-state index contributed by atoms with van der Waals surface area (Å²) < 4.78 is 17.6. The van der Waals surface area contributed by atoms with E-state index in [1.807, 2.05) is 31.2 Å². The maximum Gasteiger partial charge on any atom is 0.291 e. The molecular weight excluding hydrogens is 513 g/mol. The van der Waals surface area contributed by atoms with Crippen LogP contribution in [0.5, 0.6) is 11.5 Å². The Morgan fingerprint density at radius 1 is 1.03 bits per heavy atom. The molecule has 188 valence electrons. The van der Waals surface area contributed by atoms with E-state index in [-0.39, 0.29) is 23.3 Å². The molecule has 0 saturated heterocycles. The molecule has 1 amide bonds. The van der Waals surface area contributed by atoms with Gasteiger partial charge in [0.05, 0.1) is 23.6 Å². The zero-order chi connectivity index (χ0) is 26.1. The van der Waals surface area contributed by atoms with Crippen LogP contribution in [0.25, 0.3) is 11.0 Å². The van der Waals surface area contributed by atoms with E-state index in [1.165, 1.54) is 0 Å². The van der Waals surface area contributed by atoms with Crippen molar-refractivity contribution in [2.75, 3.05) is 13.2 Å². The van der Waals surface area contributed by atoms with Gasteiger partial charge in [-0.25, -0.2) is 0 Å². The third kappa shape index (κ3) is 4.59. The highest BCUT2D eigenvalue weighted by Crippen LogP contribution is 2.42. The molecule has 1 atom stereocenters. The molecule has 1 aromatic heterocycles. The topological polar surface area (TPSA) is 69.0 Å².